The number of piperazine rings is 1. The van der Waals surface area contributed by atoms with Gasteiger partial charge in [-0.1, -0.05) is 30.3 Å². The van der Waals surface area contributed by atoms with Gasteiger partial charge in [0.25, 0.3) is 0 Å². The molecular weight excluding hydrogens is 418 g/mol. The van der Waals surface area contributed by atoms with E-state index >= 15 is 0 Å². The maximum atomic E-state index is 5.71. The molecule has 1 N–H and O–H groups in total. The van der Waals surface area contributed by atoms with Crippen molar-refractivity contribution >= 4 is 23.0 Å². The molecule has 0 radical (unpaired) electrons. The number of ether oxygens (including phenoxy) is 1. The van der Waals surface area contributed by atoms with E-state index < -0.39 is 0 Å². The molecule has 1 aliphatic rings. The Bertz CT molecular complexity index is 1060. The van der Waals surface area contributed by atoms with Crippen molar-refractivity contribution in [2.24, 2.45) is 0 Å². The molecule has 0 aliphatic carbocycles. The van der Waals surface area contributed by atoms with Crippen molar-refractivity contribution in [3.8, 4) is 11.4 Å². The first-order valence-electron chi connectivity index (χ1n) is 11.2. The van der Waals surface area contributed by atoms with Gasteiger partial charge in [0.2, 0.25) is 0 Å². The van der Waals surface area contributed by atoms with Crippen molar-refractivity contribution in [1.82, 2.24) is 19.6 Å². The molecule has 0 saturated carbocycles. The zero-order valence-corrected chi connectivity index (χ0v) is 19.9. The number of rotatable bonds is 6. The first-order valence-corrected chi connectivity index (χ1v) is 11.6. The zero-order valence-electron chi connectivity index (χ0n) is 19.0. The van der Waals surface area contributed by atoms with E-state index in [0.717, 1.165) is 60.7 Å². The van der Waals surface area contributed by atoms with Crippen molar-refractivity contribution in [3.05, 3.63) is 71.5 Å². The molecule has 168 valence electrons. The summed E-state index contributed by atoms with van der Waals surface area (Å²) in [6.45, 7) is 11.5. The molecule has 0 unspecified atom stereocenters. The molecule has 3 aromatic rings. The Labute approximate surface area is 195 Å². The second kappa shape index (κ2) is 10.1. The quantitative estimate of drug-likeness (QED) is 0.563. The van der Waals surface area contributed by atoms with Gasteiger partial charge in [-0.2, -0.15) is 5.10 Å². The van der Waals surface area contributed by atoms with Crippen LogP contribution >= 0.6 is 12.2 Å². The molecule has 6 nitrogen and oxygen atoms in total. The molecule has 0 spiro atoms. The third kappa shape index (κ3) is 4.95. The van der Waals surface area contributed by atoms with Crippen LogP contribution in [-0.4, -0.2) is 57.5 Å². The van der Waals surface area contributed by atoms with E-state index in [-0.39, 0.29) is 0 Å². The fourth-order valence-electron chi connectivity index (χ4n) is 4.10. The smallest absolute Gasteiger partial charge is 0.173 e. The van der Waals surface area contributed by atoms with Crippen molar-refractivity contribution in [2.75, 3.05) is 38.1 Å². The summed E-state index contributed by atoms with van der Waals surface area (Å²) in [7, 11) is 0. The zero-order chi connectivity index (χ0) is 22.5. The summed E-state index contributed by atoms with van der Waals surface area (Å²) in [4.78, 5) is 4.72. The standard InChI is InChI=1S/C25H31N5OS/c1-4-31-24-13-9-8-12-23(24)26-25(32)29-16-14-28(15-17-29)18-22-19(2)27-30(20(22)3)21-10-6-5-7-11-21/h5-13H,4,14-18H2,1-3H3,(H,26,32). The van der Waals surface area contributed by atoms with E-state index in [9.17, 15) is 0 Å². The molecule has 4 rings (SSSR count). The van der Waals surface area contributed by atoms with Gasteiger partial charge in [-0.25, -0.2) is 4.68 Å². The fraction of sp³-hybridized carbons (Fsp3) is 0.360. The lowest BCUT2D eigenvalue weighted by Crippen LogP contribution is -2.49. The number of nitrogens with one attached hydrogen (secondary N) is 1. The molecule has 0 atom stereocenters. The highest BCUT2D eigenvalue weighted by Crippen LogP contribution is 2.25. The number of nitrogens with zero attached hydrogens (tertiary/aromatic N) is 4. The maximum Gasteiger partial charge on any atom is 0.173 e. The lowest BCUT2D eigenvalue weighted by molar-refractivity contribution is 0.176. The summed E-state index contributed by atoms with van der Waals surface area (Å²) < 4.78 is 7.76. The van der Waals surface area contributed by atoms with Gasteiger partial charge >= 0.3 is 0 Å². The number of benzene rings is 2. The molecule has 2 heterocycles. The summed E-state index contributed by atoms with van der Waals surface area (Å²) in [5.41, 5.74) is 5.64. The van der Waals surface area contributed by atoms with E-state index in [1.807, 2.05) is 49.4 Å². The number of hydrogen-bond donors (Lipinski definition) is 1. The second-order valence-corrected chi connectivity index (χ2v) is 8.41. The summed E-state index contributed by atoms with van der Waals surface area (Å²) in [6.07, 6.45) is 0. The predicted molar refractivity (Wildman–Crippen MR) is 134 cm³/mol. The summed E-state index contributed by atoms with van der Waals surface area (Å²) in [6, 6.07) is 18.3. The lowest BCUT2D eigenvalue weighted by Gasteiger charge is -2.36. The Kier molecular flexibility index (Phi) is 7.07. The highest BCUT2D eigenvalue weighted by Gasteiger charge is 2.22. The van der Waals surface area contributed by atoms with Gasteiger partial charge < -0.3 is 15.0 Å². The molecule has 32 heavy (non-hydrogen) atoms. The second-order valence-electron chi connectivity index (χ2n) is 8.02. The minimum atomic E-state index is 0.629. The average Bonchev–Trinajstić information content (AvgIpc) is 3.10. The third-order valence-electron chi connectivity index (χ3n) is 5.91. The van der Waals surface area contributed by atoms with Crippen molar-refractivity contribution in [1.29, 1.82) is 0 Å². The van der Waals surface area contributed by atoms with E-state index in [0.29, 0.717) is 6.61 Å². The number of hydrogen-bond acceptors (Lipinski definition) is 4. The van der Waals surface area contributed by atoms with Crippen LogP contribution in [0.1, 0.15) is 23.9 Å². The van der Waals surface area contributed by atoms with Crippen LogP contribution in [0.3, 0.4) is 0 Å². The largest absolute Gasteiger partial charge is 0.492 e. The summed E-state index contributed by atoms with van der Waals surface area (Å²) >= 11 is 5.69. The van der Waals surface area contributed by atoms with E-state index in [2.05, 4.69) is 45.8 Å². The molecule has 1 aliphatic heterocycles. The summed E-state index contributed by atoms with van der Waals surface area (Å²) in [5.74, 6) is 0.831. The first kappa shape index (κ1) is 22.3. The molecule has 1 fully saturated rings. The van der Waals surface area contributed by atoms with Gasteiger partial charge in [0.1, 0.15) is 5.75 Å². The fourth-order valence-corrected chi connectivity index (χ4v) is 4.40. The van der Waals surface area contributed by atoms with Crippen LogP contribution in [0.2, 0.25) is 0 Å². The number of aryl methyl sites for hydroxylation is 1. The average molecular weight is 450 g/mol. The Balaban J connectivity index is 1.36. The van der Waals surface area contributed by atoms with Gasteiger partial charge in [-0.3, -0.25) is 4.90 Å². The molecule has 7 heteroatoms. The Morgan fingerprint density at radius 1 is 1.00 bits per heavy atom. The Morgan fingerprint density at radius 2 is 1.69 bits per heavy atom. The minimum absolute atomic E-state index is 0.629. The van der Waals surface area contributed by atoms with Crippen molar-refractivity contribution in [3.63, 3.8) is 0 Å². The minimum Gasteiger partial charge on any atom is -0.492 e. The molecule has 2 aromatic carbocycles. The van der Waals surface area contributed by atoms with Gasteiger partial charge in [0.15, 0.2) is 5.11 Å². The molecular formula is C25H31N5OS. The lowest BCUT2D eigenvalue weighted by atomic mass is 10.1. The van der Waals surface area contributed by atoms with Crippen LogP contribution < -0.4 is 10.1 Å². The Morgan fingerprint density at radius 3 is 2.41 bits per heavy atom. The maximum absolute atomic E-state index is 5.71. The monoisotopic (exact) mass is 449 g/mol. The van der Waals surface area contributed by atoms with Crippen LogP contribution in [0.5, 0.6) is 5.75 Å². The van der Waals surface area contributed by atoms with E-state index in [1.54, 1.807) is 0 Å². The summed E-state index contributed by atoms with van der Waals surface area (Å²) in [5, 5.41) is 8.92. The highest BCUT2D eigenvalue weighted by atomic mass is 32.1. The molecule has 1 saturated heterocycles. The predicted octanol–water partition coefficient (Wildman–Crippen LogP) is 4.40. The molecule has 0 amide bonds. The number of thiocarbonyl (C=S) groups is 1. The molecule has 1 aromatic heterocycles. The van der Waals surface area contributed by atoms with E-state index in [4.69, 9.17) is 22.1 Å². The highest BCUT2D eigenvalue weighted by molar-refractivity contribution is 7.80. The SMILES string of the molecule is CCOc1ccccc1NC(=S)N1CCN(Cc2c(C)nn(-c3ccccc3)c2C)CC1. The third-order valence-corrected chi connectivity index (χ3v) is 6.27. The van der Waals surface area contributed by atoms with Crippen molar-refractivity contribution in [2.45, 2.75) is 27.3 Å². The normalized spacial score (nSPS) is 14.4. The molecule has 0 bridgehead atoms. The Hall–Kier alpha value is -2.90. The number of para-hydroxylation sites is 3. The first-order chi connectivity index (χ1) is 15.6. The number of anilines is 1. The van der Waals surface area contributed by atoms with Gasteiger partial charge in [-0.15, -0.1) is 0 Å². The van der Waals surface area contributed by atoms with Crippen LogP contribution in [0.25, 0.3) is 5.69 Å². The van der Waals surface area contributed by atoms with Gasteiger partial charge in [0, 0.05) is 44.0 Å². The van der Waals surface area contributed by atoms with E-state index in [1.165, 1.54) is 11.3 Å². The van der Waals surface area contributed by atoms with Crippen LogP contribution in [-0.2, 0) is 6.54 Å². The topological polar surface area (TPSA) is 45.6 Å². The van der Waals surface area contributed by atoms with Gasteiger partial charge in [-0.05, 0) is 57.3 Å². The van der Waals surface area contributed by atoms with Crippen LogP contribution in [0.4, 0.5) is 5.69 Å². The van der Waals surface area contributed by atoms with Crippen LogP contribution in [0, 0.1) is 13.8 Å². The number of aromatic nitrogens is 2. The van der Waals surface area contributed by atoms with Crippen molar-refractivity contribution < 1.29 is 4.74 Å². The van der Waals surface area contributed by atoms with Crippen LogP contribution in [0.15, 0.2) is 54.6 Å². The van der Waals surface area contributed by atoms with Gasteiger partial charge in [0.05, 0.1) is 23.7 Å².